The highest BCUT2D eigenvalue weighted by atomic mass is 32.2. The van der Waals surface area contributed by atoms with Crippen molar-refractivity contribution in [3.8, 4) is 12.3 Å². The molecule has 0 unspecified atom stereocenters. The summed E-state index contributed by atoms with van der Waals surface area (Å²) < 4.78 is 32.4. The molecule has 0 atom stereocenters. The number of sulfonamides is 1. The number of hydrogen-bond acceptors (Lipinski definition) is 5. The third-order valence-corrected chi connectivity index (χ3v) is 5.67. The molecule has 0 bridgehead atoms. The minimum atomic E-state index is -3.76. The number of nitrogens with one attached hydrogen (secondary N) is 2. The number of aryl methyl sites for hydroxylation is 2. The summed E-state index contributed by atoms with van der Waals surface area (Å²) in [6, 6.07) is 1.94. The van der Waals surface area contributed by atoms with Crippen molar-refractivity contribution in [2.45, 2.75) is 39.0 Å². The van der Waals surface area contributed by atoms with Gasteiger partial charge in [-0.15, -0.1) is 6.42 Å². The van der Waals surface area contributed by atoms with E-state index in [1.54, 1.807) is 13.8 Å². The zero-order valence-corrected chi connectivity index (χ0v) is 16.2. The first kappa shape index (κ1) is 21.7. The number of rotatable bonds is 8. The van der Waals surface area contributed by atoms with Gasteiger partial charge < -0.3 is 10.1 Å². The van der Waals surface area contributed by atoms with Crippen LogP contribution in [-0.4, -0.2) is 40.0 Å². The molecule has 0 spiro atoms. The lowest BCUT2D eigenvalue weighted by atomic mass is 10.0. The standard InChI is InChI=1S/C18H24N2O5S/c1-6-8-19-16(21)11-25-17(22)7-9-20-26(23,24)18-14(4)12(2)10-13(3)15(18)5/h1,10,20H,7-9,11H2,2-5H3,(H,19,21). The fourth-order valence-corrected chi connectivity index (χ4v) is 4.01. The number of carbonyl (C=O) groups is 2. The first-order valence-electron chi connectivity index (χ1n) is 8.03. The van der Waals surface area contributed by atoms with E-state index in [0.717, 1.165) is 11.1 Å². The maximum atomic E-state index is 12.6. The molecular weight excluding hydrogens is 356 g/mol. The van der Waals surface area contributed by atoms with E-state index in [0.29, 0.717) is 11.1 Å². The number of amides is 1. The third kappa shape index (κ3) is 5.86. The maximum Gasteiger partial charge on any atom is 0.307 e. The Morgan fingerprint density at radius 1 is 1.15 bits per heavy atom. The Labute approximate surface area is 154 Å². The second-order valence-electron chi connectivity index (χ2n) is 5.88. The van der Waals surface area contributed by atoms with Gasteiger partial charge in [0, 0.05) is 6.54 Å². The van der Waals surface area contributed by atoms with Crippen LogP contribution >= 0.6 is 0 Å². The summed E-state index contributed by atoms with van der Waals surface area (Å²) in [5.74, 6) is 1.02. The van der Waals surface area contributed by atoms with Gasteiger partial charge in [0.05, 0.1) is 17.9 Å². The van der Waals surface area contributed by atoms with Crippen LogP contribution in [0.4, 0.5) is 0 Å². The van der Waals surface area contributed by atoms with Crippen molar-refractivity contribution in [2.24, 2.45) is 0 Å². The van der Waals surface area contributed by atoms with Gasteiger partial charge in [0.25, 0.3) is 5.91 Å². The molecule has 1 aromatic rings. The van der Waals surface area contributed by atoms with E-state index < -0.39 is 28.5 Å². The van der Waals surface area contributed by atoms with Crippen LogP contribution in [-0.2, 0) is 24.3 Å². The van der Waals surface area contributed by atoms with Gasteiger partial charge in [-0.1, -0.05) is 12.0 Å². The second-order valence-corrected chi connectivity index (χ2v) is 7.58. The first-order valence-corrected chi connectivity index (χ1v) is 9.51. The van der Waals surface area contributed by atoms with Gasteiger partial charge in [0.1, 0.15) is 0 Å². The summed E-state index contributed by atoms with van der Waals surface area (Å²) in [5, 5.41) is 2.35. The maximum absolute atomic E-state index is 12.6. The Morgan fingerprint density at radius 3 is 2.27 bits per heavy atom. The molecule has 0 saturated carbocycles. The van der Waals surface area contributed by atoms with Crippen molar-refractivity contribution in [1.82, 2.24) is 10.0 Å². The van der Waals surface area contributed by atoms with Crippen LogP contribution in [0, 0.1) is 40.0 Å². The van der Waals surface area contributed by atoms with Crippen molar-refractivity contribution in [3.05, 3.63) is 28.3 Å². The largest absolute Gasteiger partial charge is 0.456 e. The summed E-state index contributed by atoms with van der Waals surface area (Å²) in [4.78, 5) is 23.1. The lowest BCUT2D eigenvalue weighted by molar-refractivity contribution is -0.148. The Kier molecular flexibility index (Phi) is 7.80. The van der Waals surface area contributed by atoms with Crippen molar-refractivity contribution >= 4 is 21.9 Å². The molecule has 1 aromatic carbocycles. The SMILES string of the molecule is C#CCNC(=O)COC(=O)CCNS(=O)(=O)c1c(C)c(C)cc(C)c1C. The second kappa shape index (κ2) is 9.36. The Hall–Kier alpha value is -2.37. The van der Waals surface area contributed by atoms with E-state index in [-0.39, 0.29) is 24.4 Å². The fourth-order valence-electron chi connectivity index (χ4n) is 2.36. The Bertz CT molecular complexity index is 812. The number of esters is 1. The van der Waals surface area contributed by atoms with E-state index in [2.05, 4.69) is 16.0 Å². The van der Waals surface area contributed by atoms with Crippen LogP contribution in [0.25, 0.3) is 0 Å². The summed E-state index contributed by atoms with van der Waals surface area (Å²) in [7, 11) is -3.76. The molecule has 0 aliphatic heterocycles. The number of hydrogen-bond donors (Lipinski definition) is 2. The highest BCUT2D eigenvalue weighted by Gasteiger charge is 2.22. The van der Waals surface area contributed by atoms with Gasteiger partial charge in [-0.25, -0.2) is 13.1 Å². The van der Waals surface area contributed by atoms with Crippen LogP contribution in [0.1, 0.15) is 28.7 Å². The highest BCUT2D eigenvalue weighted by Crippen LogP contribution is 2.25. The molecule has 0 aliphatic rings. The van der Waals surface area contributed by atoms with Crippen LogP contribution in [0.3, 0.4) is 0 Å². The Balaban J connectivity index is 2.64. The fraction of sp³-hybridized carbons (Fsp3) is 0.444. The van der Waals surface area contributed by atoms with E-state index in [9.17, 15) is 18.0 Å². The molecule has 0 saturated heterocycles. The van der Waals surface area contributed by atoms with E-state index in [4.69, 9.17) is 11.2 Å². The molecule has 1 amide bonds. The zero-order chi connectivity index (χ0) is 19.9. The zero-order valence-electron chi connectivity index (χ0n) is 15.4. The van der Waals surface area contributed by atoms with Gasteiger partial charge in [-0.2, -0.15) is 0 Å². The van der Waals surface area contributed by atoms with Crippen molar-refractivity contribution < 1.29 is 22.7 Å². The number of benzene rings is 1. The van der Waals surface area contributed by atoms with Crippen LogP contribution in [0.15, 0.2) is 11.0 Å². The number of ether oxygens (including phenoxy) is 1. The molecule has 0 fully saturated rings. The van der Waals surface area contributed by atoms with Gasteiger partial charge in [-0.3, -0.25) is 9.59 Å². The minimum absolute atomic E-state index is 0.0464. The topological polar surface area (TPSA) is 102 Å². The molecule has 0 radical (unpaired) electrons. The molecule has 0 aliphatic carbocycles. The van der Waals surface area contributed by atoms with E-state index in [1.807, 2.05) is 19.9 Å². The molecule has 7 nitrogen and oxygen atoms in total. The average molecular weight is 380 g/mol. The van der Waals surface area contributed by atoms with Crippen LogP contribution in [0.2, 0.25) is 0 Å². The predicted molar refractivity (Wildman–Crippen MR) is 98.0 cm³/mol. The molecular formula is C18H24N2O5S. The molecule has 2 N–H and O–H groups in total. The summed E-state index contributed by atoms with van der Waals surface area (Å²) >= 11 is 0. The number of carbonyl (C=O) groups excluding carboxylic acids is 2. The van der Waals surface area contributed by atoms with Crippen molar-refractivity contribution in [1.29, 1.82) is 0 Å². The molecule has 142 valence electrons. The average Bonchev–Trinajstić information content (AvgIpc) is 2.56. The third-order valence-electron chi connectivity index (χ3n) is 3.94. The monoisotopic (exact) mass is 380 g/mol. The normalized spacial score (nSPS) is 10.9. The quantitative estimate of drug-likeness (QED) is 0.515. The Morgan fingerprint density at radius 2 is 1.73 bits per heavy atom. The molecule has 8 heteroatoms. The van der Waals surface area contributed by atoms with E-state index >= 15 is 0 Å². The molecule has 1 rings (SSSR count). The van der Waals surface area contributed by atoms with Gasteiger partial charge in [0.2, 0.25) is 10.0 Å². The molecule has 26 heavy (non-hydrogen) atoms. The lowest BCUT2D eigenvalue weighted by Crippen LogP contribution is -2.31. The van der Waals surface area contributed by atoms with Gasteiger partial charge in [-0.05, 0) is 49.9 Å². The van der Waals surface area contributed by atoms with Crippen molar-refractivity contribution in [2.75, 3.05) is 19.7 Å². The minimum Gasteiger partial charge on any atom is -0.456 e. The van der Waals surface area contributed by atoms with E-state index in [1.165, 1.54) is 0 Å². The molecule has 0 heterocycles. The number of terminal acetylenes is 1. The smallest absolute Gasteiger partial charge is 0.307 e. The predicted octanol–water partition coefficient (Wildman–Crippen LogP) is 0.881. The lowest BCUT2D eigenvalue weighted by Gasteiger charge is -2.16. The summed E-state index contributed by atoms with van der Waals surface area (Å²) in [6.45, 7) is 6.66. The molecule has 0 aromatic heterocycles. The van der Waals surface area contributed by atoms with Gasteiger partial charge >= 0.3 is 5.97 Å². The van der Waals surface area contributed by atoms with Crippen molar-refractivity contribution in [3.63, 3.8) is 0 Å². The highest BCUT2D eigenvalue weighted by molar-refractivity contribution is 7.89. The summed E-state index contributed by atoms with van der Waals surface area (Å²) in [5.41, 5.74) is 3.11. The van der Waals surface area contributed by atoms with Crippen LogP contribution in [0.5, 0.6) is 0 Å². The summed E-state index contributed by atoms with van der Waals surface area (Å²) in [6.07, 6.45) is 4.80. The van der Waals surface area contributed by atoms with Gasteiger partial charge in [0.15, 0.2) is 6.61 Å². The van der Waals surface area contributed by atoms with Crippen LogP contribution < -0.4 is 10.0 Å². The first-order chi connectivity index (χ1) is 12.1.